The molecule has 7 heterocycles. The molecule has 3 saturated heterocycles. The van der Waals surface area contributed by atoms with Crippen LogP contribution in [-0.2, 0) is 24.2 Å². The Bertz CT molecular complexity index is 2280. The summed E-state index contributed by atoms with van der Waals surface area (Å²) in [6, 6.07) is 7.55. The summed E-state index contributed by atoms with van der Waals surface area (Å²) in [4.78, 5) is 33.2. The van der Waals surface area contributed by atoms with Gasteiger partial charge in [-0.25, -0.2) is 13.2 Å². The van der Waals surface area contributed by atoms with Gasteiger partial charge < -0.3 is 24.4 Å². The number of amides is 1. The zero-order valence-electron chi connectivity index (χ0n) is 30.0. The summed E-state index contributed by atoms with van der Waals surface area (Å²) in [5.41, 5.74) is 1.13. The predicted octanol–water partition coefficient (Wildman–Crippen LogP) is 5.43. The maximum atomic E-state index is 17.1. The molecule has 4 aliphatic heterocycles. The largest absolute Gasteiger partial charge is 0.508 e. The van der Waals surface area contributed by atoms with Crippen LogP contribution < -0.4 is 9.64 Å². The molecular weight excluding hydrogens is 701 g/mol. The number of rotatable bonds is 7. The molecule has 9 rings (SSSR count). The SMILES string of the molecule is CCc1c(F)ccc2cc(O)cc(-c3ncc4c(N5CCCn6nc(C(=O)N7CCOCC7)cc6C5)nc(OC[C@@]56CCCN5C[C@H](F)C6)nc4c3F)c12. The van der Waals surface area contributed by atoms with E-state index in [4.69, 9.17) is 14.5 Å². The molecule has 1 N–H and O–H groups in total. The number of benzene rings is 2. The normalized spacial score (nSPS) is 21.8. The van der Waals surface area contributed by atoms with E-state index in [2.05, 4.69) is 20.0 Å². The first-order chi connectivity index (χ1) is 26.2. The summed E-state index contributed by atoms with van der Waals surface area (Å²) in [6.45, 7) is 6.48. The topological polar surface area (TPSA) is 122 Å². The molecule has 2 aromatic carbocycles. The lowest BCUT2D eigenvalue weighted by atomic mass is 9.94. The van der Waals surface area contributed by atoms with Gasteiger partial charge in [-0.1, -0.05) is 13.0 Å². The second-order valence-corrected chi connectivity index (χ2v) is 14.8. The second kappa shape index (κ2) is 13.7. The third kappa shape index (κ3) is 5.97. The molecule has 0 bridgehead atoms. The van der Waals surface area contributed by atoms with Gasteiger partial charge in [-0.3, -0.25) is 19.4 Å². The van der Waals surface area contributed by atoms with Gasteiger partial charge in [0.05, 0.1) is 36.4 Å². The number of anilines is 1. The third-order valence-electron chi connectivity index (χ3n) is 11.5. The number of aromatic hydroxyl groups is 1. The van der Waals surface area contributed by atoms with Gasteiger partial charge in [0.1, 0.15) is 41.4 Å². The first kappa shape index (κ1) is 34.7. The summed E-state index contributed by atoms with van der Waals surface area (Å²) in [7, 11) is 0. The lowest BCUT2D eigenvalue weighted by Crippen LogP contribution is -2.43. The Hall–Kier alpha value is -5.02. The Balaban J connectivity index is 1.14. The van der Waals surface area contributed by atoms with Crippen LogP contribution >= 0.6 is 0 Å². The molecule has 0 spiro atoms. The Morgan fingerprint density at radius 2 is 1.93 bits per heavy atom. The highest BCUT2D eigenvalue weighted by Gasteiger charge is 2.49. The average Bonchev–Trinajstić information content (AvgIpc) is 3.81. The standard InChI is InChI=1S/C39H41F3N8O4/c1-2-27-30(41)6-5-23-15-26(51)17-28(32(23)27)34-33(42)35-29(19-43-34)36(45-38(44-35)54-22-39-7-3-9-49(39)20-24(40)18-39)48-8-4-10-50-25(21-48)16-31(46-50)37(52)47-11-13-53-14-12-47/h5-6,15-17,19,24,51H,2-4,7-14,18,20-22H2,1H3/t24-,39+/m1/s1. The van der Waals surface area contributed by atoms with E-state index in [-0.39, 0.29) is 41.0 Å². The number of halogens is 3. The highest BCUT2D eigenvalue weighted by Crippen LogP contribution is 2.42. The first-order valence-corrected chi connectivity index (χ1v) is 18.7. The van der Waals surface area contributed by atoms with Crippen molar-refractivity contribution in [1.29, 1.82) is 0 Å². The Morgan fingerprint density at radius 3 is 2.76 bits per heavy atom. The molecule has 3 fully saturated rings. The van der Waals surface area contributed by atoms with Crippen molar-refractivity contribution in [2.45, 2.75) is 63.8 Å². The van der Waals surface area contributed by atoms with Crippen molar-refractivity contribution in [2.24, 2.45) is 0 Å². The molecule has 2 atom stereocenters. The molecule has 15 heteroatoms. The van der Waals surface area contributed by atoms with E-state index in [1.54, 1.807) is 17.0 Å². The minimum Gasteiger partial charge on any atom is -0.508 e. The number of nitrogens with zero attached hydrogens (tertiary/aromatic N) is 8. The summed E-state index contributed by atoms with van der Waals surface area (Å²) in [6.07, 6.45) is 3.60. The van der Waals surface area contributed by atoms with Crippen LogP contribution in [0.25, 0.3) is 32.9 Å². The molecule has 3 aromatic heterocycles. The van der Waals surface area contributed by atoms with E-state index >= 15 is 8.78 Å². The van der Waals surface area contributed by atoms with Crippen LogP contribution in [0.5, 0.6) is 11.8 Å². The van der Waals surface area contributed by atoms with Gasteiger partial charge in [0.25, 0.3) is 5.91 Å². The van der Waals surface area contributed by atoms with Gasteiger partial charge in [-0.2, -0.15) is 15.1 Å². The summed E-state index contributed by atoms with van der Waals surface area (Å²) < 4.78 is 60.5. The predicted molar refractivity (Wildman–Crippen MR) is 194 cm³/mol. The van der Waals surface area contributed by atoms with Crippen molar-refractivity contribution in [3.63, 3.8) is 0 Å². The summed E-state index contributed by atoms with van der Waals surface area (Å²) >= 11 is 0. The molecule has 4 aliphatic rings. The number of pyridine rings is 1. The fourth-order valence-corrected chi connectivity index (χ4v) is 8.87. The number of fused-ring (bicyclic) bond motifs is 4. The van der Waals surface area contributed by atoms with Gasteiger partial charge in [-0.05, 0) is 72.8 Å². The lowest BCUT2D eigenvalue weighted by molar-refractivity contribution is 0.0298. The molecular formula is C39H41F3N8O4. The molecule has 5 aromatic rings. The van der Waals surface area contributed by atoms with E-state index in [0.29, 0.717) is 105 Å². The lowest BCUT2D eigenvalue weighted by Gasteiger charge is -2.31. The second-order valence-electron chi connectivity index (χ2n) is 14.8. The number of phenols is 1. The van der Waals surface area contributed by atoms with Gasteiger partial charge in [0, 0.05) is 50.9 Å². The van der Waals surface area contributed by atoms with Gasteiger partial charge in [0.15, 0.2) is 11.5 Å². The van der Waals surface area contributed by atoms with E-state index in [1.807, 2.05) is 16.5 Å². The smallest absolute Gasteiger partial charge is 0.319 e. The van der Waals surface area contributed by atoms with Crippen molar-refractivity contribution < 1.29 is 32.5 Å². The Labute approximate surface area is 309 Å². The Morgan fingerprint density at radius 1 is 1.07 bits per heavy atom. The number of aromatic nitrogens is 5. The maximum Gasteiger partial charge on any atom is 0.319 e. The molecule has 1 amide bonds. The third-order valence-corrected chi connectivity index (χ3v) is 11.5. The first-order valence-electron chi connectivity index (χ1n) is 18.7. The molecule has 0 unspecified atom stereocenters. The van der Waals surface area contributed by atoms with Crippen LogP contribution in [-0.4, -0.2) is 110 Å². The van der Waals surface area contributed by atoms with Crippen molar-refractivity contribution in [3.05, 3.63) is 65.1 Å². The van der Waals surface area contributed by atoms with E-state index in [0.717, 1.165) is 25.1 Å². The van der Waals surface area contributed by atoms with Crippen molar-refractivity contribution >= 4 is 33.4 Å². The summed E-state index contributed by atoms with van der Waals surface area (Å²) in [5, 5.41) is 16.7. The van der Waals surface area contributed by atoms with E-state index in [1.165, 1.54) is 24.4 Å². The number of carbonyl (C=O) groups excluding carboxylic acids is 1. The monoisotopic (exact) mass is 742 g/mol. The molecule has 0 radical (unpaired) electrons. The minimum atomic E-state index is -0.954. The number of carbonyl (C=O) groups is 1. The number of alkyl halides is 1. The molecule has 0 saturated carbocycles. The van der Waals surface area contributed by atoms with Crippen LogP contribution in [0.3, 0.4) is 0 Å². The molecule has 0 aliphatic carbocycles. The highest BCUT2D eigenvalue weighted by molar-refractivity contribution is 6.02. The number of ether oxygens (including phenoxy) is 2. The number of hydrogen-bond donors (Lipinski definition) is 1. The van der Waals surface area contributed by atoms with E-state index in [9.17, 15) is 14.3 Å². The zero-order chi connectivity index (χ0) is 37.1. The number of morpholine rings is 1. The van der Waals surface area contributed by atoms with E-state index < -0.39 is 23.3 Å². The van der Waals surface area contributed by atoms with Gasteiger partial charge in [0.2, 0.25) is 0 Å². The number of phenolic OH excluding ortho intramolecular Hbond substituents is 1. The average molecular weight is 743 g/mol. The summed E-state index contributed by atoms with van der Waals surface area (Å²) in [5.74, 6) is -1.09. The van der Waals surface area contributed by atoms with Crippen LogP contribution in [0.4, 0.5) is 19.0 Å². The van der Waals surface area contributed by atoms with Gasteiger partial charge in [-0.15, -0.1) is 0 Å². The van der Waals surface area contributed by atoms with Crippen LogP contribution in [0.2, 0.25) is 0 Å². The number of hydrogen-bond acceptors (Lipinski definition) is 10. The van der Waals surface area contributed by atoms with Gasteiger partial charge >= 0.3 is 6.01 Å². The maximum absolute atomic E-state index is 17.1. The van der Waals surface area contributed by atoms with Crippen LogP contribution in [0.1, 0.15) is 54.4 Å². The quantitative estimate of drug-likeness (QED) is 0.231. The van der Waals surface area contributed by atoms with Crippen LogP contribution in [0, 0.1) is 11.6 Å². The van der Waals surface area contributed by atoms with Crippen molar-refractivity contribution in [2.75, 3.05) is 57.4 Å². The Kier molecular flexibility index (Phi) is 8.80. The fraction of sp³-hybridized carbons (Fsp3) is 0.462. The fourth-order valence-electron chi connectivity index (χ4n) is 8.87. The van der Waals surface area contributed by atoms with Crippen LogP contribution in [0.15, 0.2) is 36.5 Å². The van der Waals surface area contributed by atoms with Crippen molar-refractivity contribution in [3.8, 4) is 23.0 Å². The number of aryl methyl sites for hydroxylation is 2. The molecule has 54 heavy (non-hydrogen) atoms. The minimum absolute atomic E-state index is 0.0533. The van der Waals surface area contributed by atoms with Crippen molar-refractivity contribution in [1.82, 2.24) is 34.5 Å². The molecule has 282 valence electrons. The molecule has 12 nitrogen and oxygen atoms in total. The highest BCUT2D eigenvalue weighted by atomic mass is 19.1. The zero-order valence-corrected chi connectivity index (χ0v) is 30.0.